The predicted octanol–water partition coefficient (Wildman–Crippen LogP) is 1.97. The fourth-order valence-electron chi connectivity index (χ4n) is 1.88. The highest BCUT2D eigenvalue weighted by molar-refractivity contribution is 5.15. The third kappa shape index (κ3) is 3.23. The van der Waals surface area contributed by atoms with Crippen LogP contribution in [0.5, 0.6) is 0 Å². The van der Waals surface area contributed by atoms with Crippen LogP contribution in [0.15, 0.2) is 18.6 Å². The van der Waals surface area contributed by atoms with Crippen LogP contribution in [0.3, 0.4) is 0 Å². The van der Waals surface area contributed by atoms with E-state index in [0.717, 1.165) is 13.1 Å². The Morgan fingerprint density at radius 1 is 1.16 bits per heavy atom. The van der Waals surface area contributed by atoms with Crippen LogP contribution >= 0.6 is 0 Å². The van der Waals surface area contributed by atoms with Crippen LogP contribution in [0, 0.1) is 6.92 Å². The van der Waals surface area contributed by atoms with Gasteiger partial charge in [-0.2, -0.15) is 10.2 Å². The Hall–Kier alpha value is -1.62. The minimum atomic E-state index is 0.0399. The van der Waals surface area contributed by atoms with Gasteiger partial charge in [-0.3, -0.25) is 9.36 Å². The molecule has 2 rings (SSSR count). The first-order chi connectivity index (χ1) is 8.88. The lowest BCUT2D eigenvalue weighted by molar-refractivity contribution is 0.355. The Morgan fingerprint density at radius 3 is 2.42 bits per heavy atom. The molecular formula is C14H23N5. The molecule has 0 bridgehead atoms. The van der Waals surface area contributed by atoms with Gasteiger partial charge in [0.25, 0.3) is 0 Å². The molecule has 0 fully saturated rings. The van der Waals surface area contributed by atoms with Crippen LogP contribution in [0.4, 0.5) is 0 Å². The fraction of sp³-hybridized carbons (Fsp3) is 0.571. The molecule has 0 saturated carbocycles. The Kier molecular flexibility index (Phi) is 3.75. The SMILES string of the molecule is Cc1c(CNCc2cnn(C(C)(C)C)c2)cnn1C. The van der Waals surface area contributed by atoms with Gasteiger partial charge in [-0.05, 0) is 27.7 Å². The quantitative estimate of drug-likeness (QED) is 0.915. The Bertz CT molecular complexity index is 544. The zero-order valence-corrected chi connectivity index (χ0v) is 12.4. The number of aryl methyl sites for hydroxylation is 1. The lowest BCUT2D eigenvalue weighted by atomic mass is 10.1. The van der Waals surface area contributed by atoms with Crippen LogP contribution in [0.2, 0.25) is 0 Å². The van der Waals surface area contributed by atoms with Crippen molar-refractivity contribution in [1.29, 1.82) is 0 Å². The van der Waals surface area contributed by atoms with Crippen molar-refractivity contribution in [2.75, 3.05) is 0 Å². The van der Waals surface area contributed by atoms with Gasteiger partial charge in [-0.1, -0.05) is 0 Å². The molecule has 0 unspecified atom stereocenters. The van der Waals surface area contributed by atoms with Crippen LogP contribution in [-0.4, -0.2) is 19.6 Å². The molecule has 0 saturated heterocycles. The summed E-state index contributed by atoms with van der Waals surface area (Å²) in [6.45, 7) is 10.2. The van der Waals surface area contributed by atoms with E-state index in [1.54, 1.807) is 0 Å². The molecule has 0 spiro atoms. The van der Waals surface area contributed by atoms with E-state index in [2.05, 4.69) is 49.4 Å². The summed E-state index contributed by atoms with van der Waals surface area (Å²) in [5.74, 6) is 0. The number of nitrogens with one attached hydrogen (secondary N) is 1. The van der Waals surface area contributed by atoms with E-state index in [1.807, 2.05) is 28.8 Å². The van der Waals surface area contributed by atoms with E-state index in [-0.39, 0.29) is 5.54 Å². The van der Waals surface area contributed by atoms with Gasteiger partial charge in [0.2, 0.25) is 0 Å². The standard InChI is InChI=1S/C14H23N5/c1-11-13(9-16-18(11)5)8-15-6-12-7-17-19(10-12)14(2,3)4/h7,9-10,15H,6,8H2,1-5H3. The van der Waals surface area contributed by atoms with Crippen LogP contribution in [0.1, 0.15) is 37.6 Å². The van der Waals surface area contributed by atoms with E-state index < -0.39 is 0 Å². The maximum absolute atomic E-state index is 4.39. The summed E-state index contributed by atoms with van der Waals surface area (Å²) in [5, 5.41) is 12.1. The summed E-state index contributed by atoms with van der Waals surface area (Å²) >= 11 is 0. The van der Waals surface area contributed by atoms with E-state index >= 15 is 0 Å². The monoisotopic (exact) mass is 261 g/mol. The second-order valence-electron chi connectivity index (χ2n) is 5.95. The van der Waals surface area contributed by atoms with E-state index in [4.69, 9.17) is 0 Å². The third-order valence-electron chi connectivity index (χ3n) is 3.30. The predicted molar refractivity (Wildman–Crippen MR) is 75.7 cm³/mol. The van der Waals surface area contributed by atoms with Gasteiger partial charge in [0.1, 0.15) is 0 Å². The molecule has 5 nitrogen and oxygen atoms in total. The zero-order chi connectivity index (χ0) is 14.0. The maximum Gasteiger partial charge on any atom is 0.0543 e. The summed E-state index contributed by atoms with van der Waals surface area (Å²) < 4.78 is 3.90. The van der Waals surface area contributed by atoms with Crippen molar-refractivity contribution in [2.45, 2.75) is 46.3 Å². The first-order valence-electron chi connectivity index (χ1n) is 6.60. The average molecular weight is 261 g/mol. The van der Waals surface area contributed by atoms with Gasteiger partial charge in [0.05, 0.1) is 17.9 Å². The number of hydrogen-bond donors (Lipinski definition) is 1. The van der Waals surface area contributed by atoms with Crippen LogP contribution < -0.4 is 5.32 Å². The molecule has 5 heteroatoms. The largest absolute Gasteiger partial charge is 0.308 e. The number of rotatable bonds is 4. The van der Waals surface area contributed by atoms with E-state index in [9.17, 15) is 0 Å². The first kappa shape index (κ1) is 13.8. The maximum atomic E-state index is 4.39. The number of hydrogen-bond acceptors (Lipinski definition) is 3. The van der Waals surface area contributed by atoms with Gasteiger partial charge in [-0.15, -0.1) is 0 Å². The summed E-state index contributed by atoms with van der Waals surface area (Å²) in [6.07, 6.45) is 5.94. The molecule has 2 aromatic rings. The first-order valence-corrected chi connectivity index (χ1v) is 6.60. The minimum Gasteiger partial charge on any atom is -0.308 e. The molecule has 0 aromatic carbocycles. The highest BCUT2D eigenvalue weighted by Crippen LogP contribution is 2.13. The highest BCUT2D eigenvalue weighted by Gasteiger charge is 2.13. The summed E-state index contributed by atoms with van der Waals surface area (Å²) in [5.41, 5.74) is 3.69. The molecule has 104 valence electrons. The molecular weight excluding hydrogens is 238 g/mol. The topological polar surface area (TPSA) is 47.7 Å². The lowest BCUT2D eigenvalue weighted by Crippen LogP contribution is -2.22. The molecule has 0 amide bonds. The molecule has 2 aromatic heterocycles. The molecule has 0 atom stereocenters. The van der Waals surface area contributed by atoms with Crippen molar-refractivity contribution in [3.63, 3.8) is 0 Å². The van der Waals surface area contributed by atoms with Crippen molar-refractivity contribution in [1.82, 2.24) is 24.9 Å². The average Bonchev–Trinajstić information content (AvgIpc) is 2.90. The van der Waals surface area contributed by atoms with Gasteiger partial charge >= 0.3 is 0 Å². The zero-order valence-electron chi connectivity index (χ0n) is 12.4. The van der Waals surface area contributed by atoms with E-state index in [0.29, 0.717) is 0 Å². The molecule has 1 N–H and O–H groups in total. The van der Waals surface area contributed by atoms with Crippen molar-refractivity contribution in [3.05, 3.63) is 35.4 Å². The summed E-state index contributed by atoms with van der Waals surface area (Å²) in [7, 11) is 1.96. The van der Waals surface area contributed by atoms with Crippen LogP contribution in [0.25, 0.3) is 0 Å². The smallest absolute Gasteiger partial charge is 0.0543 e. The molecule has 0 aliphatic rings. The van der Waals surface area contributed by atoms with Gasteiger partial charge in [-0.25, -0.2) is 0 Å². The second-order valence-corrected chi connectivity index (χ2v) is 5.95. The van der Waals surface area contributed by atoms with Gasteiger partial charge in [0, 0.05) is 43.2 Å². The third-order valence-corrected chi connectivity index (χ3v) is 3.30. The Morgan fingerprint density at radius 2 is 1.89 bits per heavy atom. The summed E-state index contributed by atoms with van der Waals surface area (Å²) in [6, 6.07) is 0. The Labute approximate surface area is 114 Å². The summed E-state index contributed by atoms with van der Waals surface area (Å²) in [4.78, 5) is 0. The van der Waals surface area contributed by atoms with E-state index in [1.165, 1.54) is 16.8 Å². The normalized spacial score (nSPS) is 12.1. The Balaban J connectivity index is 1.89. The lowest BCUT2D eigenvalue weighted by Gasteiger charge is -2.18. The van der Waals surface area contributed by atoms with Crippen LogP contribution in [-0.2, 0) is 25.7 Å². The van der Waals surface area contributed by atoms with Gasteiger partial charge < -0.3 is 5.32 Å². The fourth-order valence-corrected chi connectivity index (χ4v) is 1.88. The molecule has 0 radical (unpaired) electrons. The molecule has 0 aliphatic carbocycles. The number of aromatic nitrogens is 4. The minimum absolute atomic E-state index is 0.0399. The molecule has 2 heterocycles. The number of nitrogens with zero attached hydrogens (tertiary/aromatic N) is 4. The molecule has 19 heavy (non-hydrogen) atoms. The van der Waals surface area contributed by atoms with Crippen molar-refractivity contribution in [2.24, 2.45) is 7.05 Å². The highest BCUT2D eigenvalue weighted by atomic mass is 15.3. The second kappa shape index (κ2) is 5.17. The van der Waals surface area contributed by atoms with Gasteiger partial charge in [0.15, 0.2) is 0 Å². The van der Waals surface area contributed by atoms with Crippen molar-refractivity contribution >= 4 is 0 Å². The molecule has 0 aliphatic heterocycles. The van der Waals surface area contributed by atoms with Crippen molar-refractivity contribution < 1.29 is 0 Å². The van der Waals surface area contributed by atoms with Crippen molar-refractivity contribution in [3.8, 4) is 0 Å².